The number of aryl methyl sites for hydroxylation is 3. The van der Waals surface area contributed by atoms with Crippen LogP contribution in [0.4, 0.5) is 18.9 Å². The number of rotatable bonds is 4. The van der Waals surface area contributed by atoms with E-state index in [-0.39, 0.29) is 0 Å². The molecule has 0 amide bonds. The number of halogens is 3. The van der Waals surface area contributed by atoms with Gasteiger partial charge in [0.05, 0.1) is 11.3 Å². The molecule has 2 aromatic rings. The molecular weight excluding hydrogens is 279 g/mol. The summed E-state index contributed by atoms with van der Waals surface area (Å²) in [5, 5.41) is 7.39. The molecule has 3 nitrogen and oxygen atoms in total. The first-order valence-electron chi connectivity index (χ1n) is 6.74. The van der Waals surface area contributed by atoms with Crippen LogP contribution in [0.5, 0.6) is 0 Å². The van der Waals surface area contributed by atoms with Crippen molar-refractivity contribution < 1.29 is 13.2 Å². The van der Waals surface area contributed by atoms with Crippen molar-refractivity contribution in [2.45, 2.75) is 33.0 Å². The fraction of sp³-hybridized carbons (Fsp3) is 0.400. The van der Waals surface area contributed by atoms with Crippen LogP contribution in [0.2, 0.25) is 0 Å². The van der Waals surface area contributed by atoms with Gasteiger partial charge < -0.3 is 5.32 Å². The van der Waals surface area contributed by atoms with Gasteiger partial charge in [-0.25, -0.2) is 0 Å². The van der Waals surface area contributed by atoms with E-state index in [9.17, 15) is 13.2 Å². The largest absolute Gasteiger partial charge is 0.416 e. The molecule has 0 fully saturated rings. The summed E-state index contributed by atoms with van der Waals surface area (Å²) in [5.41, 5.74) is 2.59. The number of hydrogen-bond donors (Lipinski definition) is 1. The molecule has 1 heterocycles. The van der Waals surface area contributed by atoms with Crippen LogP contribution in [0.25, 0.3) is 0 Å². The van der Waals surface area contributed by atoms with Crippen molar-refractivity contribution in [3.8, 4) is 0 Å². The quantitative estimate of drug-likeness (QED) is 0.927. The lowest BCUT2D eigenvalue weighted by Gasteiger charge is -2.13. The molecule has 0 spiro atoms. The van der Waals surface area contributed by atoms with Gasteiger partial charge >= 0.3 is 6.18 Å². The first kappa shape index (κ1) is 15.4. The third-order valence-corrected chi connectivity index (χ3v) is 3.36. The lowest BCUT2D eigenvalue weighted by molar-refractivity contribution is -0.137. The summed E-state index contributed by atoms with van der Waals surface area (Å²) in [6.45, 7) is 4.24. The lowest BCUT2D eigenvalue weighted by Crippen LogP contribution is -2.08. The van der Waals surface area contributed by atoms with E-state index < -0.39 is 11.7 Å². The van der Waals surface area contributed by atoms with Crippen LogP contribution in [0.3, 0.4) is 0 Å². The Kier molecular flexibility index (Phi) is 4.25. The second kappa shape index (κ2) is 5.79. The number of benzene rings is 1. The Morgan fingerprint density at radius 3 is 2.62 bits per heavy atom. The van der Waals surface area contributed by atoms with Gasteiger partial charge in [-0.15, -0.1) is 0 Å². The Balaban J connectivity index is 2.19. The van der Waals surface area contributed by atoms with Gasteiger partial charge in [0, 0.05) is 31.0 Å². The highest BCUT2D eigenvalue weighted by Crippen LogP contribution is 2.32. The van der Waals surface area contributed by atoms with Crippen LogP contribution in [-0.2, 0) is 26.2 Å². The van der Waals surface area contributed by atoms with Gasteiger partial charge in [-0.1, -0.05) is 13.0 Å². The molecule has 6 heteroatoms. The SMILES string of the molecule is CCc1nn(C)cc1CNc1cc(C(F)(F)F)ccc1C. The van der Waals surface area contributed by atoms with Gasteiger partial charge in [-0.3, -0.25) is 4.68 Å². The van der Waals surface area contributed by atoms with E-state index in [0.29, 0.717) is 12.2 Å². The zero-order valence-electron chi connectivity index (χ0n) is 12.3. The van der Waals surface area contributed by atoms with Gasteiger partial charge in [-0.2, -0.15) is 18.3 Å². The Labute approximate surface area is 121 Å². The van der Waals surface area contributed by atoms with Crippen molar-refractivity contribution in [3.63, 3.8) is 0 Å². The molecular formula is C15H18F3N3. The van der Waals surface area contributed by atoms with Crippen molar-refractivity contribution in [3.05, 3.63) is 46.8 Å². The van der Waals surface area contributed by atoms with Gasteiger partial charge in [0.15, 0.2) is 0 Å². The van der Waals surface area contributed by atoms with Gasteiger partial charge in [0.1, 0.15) is 0 Å². The number of alkyl halides is 3. The third-order valence-electron chi connectivity index (χ3n) is 3.36. The number of nitrogens with zero attached hydrogens (tertiary/aromatic N) is 2. The first-order valence-corrected chi connectivity index (χ1v) is 6.74. The zero-order chi connectivity index (χ0) is 15.6. The van der Waals surface area contributed by atoms with Crippen molar-refractivity contribution >= 4 is 5.69 Å². The minimum absolute atomic E-state index is 0.458. The van der Waals surface area contributed by atoms with Crippen molar-refractivity contribution in [2.24, 2.45) is 7.05 Å². The molecule has 0 bridgehead atoms. The molecule has 114 valence electrons. The monoisotopic (exact) mass is 297 g/mol. The summed E-state index contributed by atoms with van der Waals surface area (Å²) in [7, 11) is 1.83. The maximum Gasteiger partial charge on any atom is 0.416 e. The Bertz CT molecular complexity index is 630. The fourth-order valence-corrected chi connectivity index (χ4v) is 2.21. The molecule has 0 radical (unpaired) electrons. The topological polar surface area (TPSA) is 29.9 Å². The smallest absolute Gasteiger partial charge is 0.381 e. The second-order valence-corrected chi connectivity index (χ2v) is 5.01. The maximum atomic E-state index is 12.7. The molecule has 0 aliphatic carbocycles. The number of nitrogens with one attached hydrogen (secondary N) is 1. The first-order chi connectivity index (χ1) is 9.81. The van der Waals surface area contributed by atoms with E-state index in [0.717, 1.165) is 35.4 Å². The molecule has 0 aliphatic heterocycles. The minimum atomic E-state index is -4.33. The van der Waals surface area contributed by atoms with Crippen LogP contribution < -0.4 is 5.32 Å². The van der Waals surface area contributed by atoms with Crippen molar-refractivity contribution in [1.82, 2.24) is 9.78 Å². The predicted molar refractivity (Wildman–Crippen MR) is 76.1 cm³/mol. The molecule has 2 rings (SSSR count). The van der Waals surface area contributed by atoms with E-state index in [1.807, 2.05) is 20.2 Å². The van der Waals surface area contributed by atoms with Crippen molar-refractivity contribution in [2.75, 3.05) is 5.32 Å². The average Bonchev–Trinajstić information content (AvgIpc) is 2.76. The standard InChI is InChI=1S/C15H18F3N3/c1-4-13-11(9-21(3)20-13)8-19-14-7-12(15(16,17)18)6-5-10(14)2/h5-7,9,19H,4,8H2,1-3H3. The van der Waals surface area contributed by atoms with E-state index in [1.54, 1.807) is 11.6 Å². The average molecular weight is 297 g/mol. The van der Waals surface area contributed by atoms with E-state index in [4.69, 9.17) is 0 Å². The highest BCUT2D eigenvalue weighted by molar-refractivity contribution is 5.53. The molecule has 0 atom stereocenters. The predicted octanol–water partition coefficient (Wildman–Crippen LogP) is 3.92. The lowest BCUT2D eigenvalue weighted by atomic mass is 10.1. The Hall–Kier alpha value is -1.98. The Morgan fingerprint density at radius 2 is 2.00 bits per heavy atom. The molecule has 21 heavy (non-hydrogen) atoms. The molecule has 1 aromatic heterocycles. The van der Waals surface area contributed by atoms with Crippen molar-refractivity contribution in [1.29, 1.82) is 0 Å². The van der Waals surface area contributed by atoms with E-state index >= 15 is 0 Å². The summed E-state index contributed by atoms with van der Waals surface area (Å²) in [6.07, 6.45) is -1.65. The van der Waals surface area contributed by atoms with Gasteiger partial charge in [0.2, 0.25) is 0 Å². The molecule has 1 N–H and O–H groups in total. The van der Waals surface area contributed by atoms with Crippen LogP contribution in [0.1, 0.15) is 29.3 Å². The zero-order valence-corrected chi connectivity index (χ0v) is 12.3. The molecule has 0 saturated carbocycles. The van der Waals surface area contributed by atoms with Crippen LogP contribution in [0, 0.1) is 6.92 Å². The Morgan fingerprint density at radius 1 is 1.29 bits per heavy atom. The normalized spacial score (nSPS) is 11.7. The summed E-state index contributed by atoms with van der Waals surface area (Å²) in [5.74, 6) is 0. The third kappa shape index (κ3) is 3.56. The summed E-state index contributed by atoms with van der Waals surface area (Å²) in [4.78, 5) is 0. The van der Waals surface area contributed by atoms with Gasteiger partial charge in [-0.05, 0) is 31.0 Å². The number of hydrogen-bond acceptors (Lipinski definition) is 2. The number of aromatic nitrogens is 2. The van der Waals surface area contributed by atoms with Crippen LogP contribution in [0.15, 0.2) is 24.4 Å². The second-order valence-electron chi connectivity index (χ2n) is 5.01. The highest BCUT2D eigenvalue weighted by atomic mass is 19.4. The molecule has 0 saturated heterocycles. The van der Waals surface area contributed by atoms with Gasteiger partial charge in [0.25, 0.3) is 0 Å². The molecule has 0 aliphatic rings. The van der Waals surface area contributed by atoms with Crippen LogP contribution in [-0.4, -0.2) is 9.78 Å². The maximum absolute atomic E-state index is 12.7. The van der Waals surface area contributed by atoms with Crippen LogP contribution >= 0.6 is 0 Å². The molecule has 0 unspecified atom stereocenters. The van der Waals surface area contributed by atoms with E-state index in [2.05, 4.69) is 10.4 Å². The summed E-state index contributed by atoms with van der Waals surface area (Å²) < 4.78 is 39.9. The van der Waals surface area contributed by atoms with E-state index in [1.165, 1.54) is 6.07 Å². The summed E-state index contributed by atoms with van der Waals surface area (Å²) >= 11 is 0. The fourth-order valence-electron chi connectivity index (χ4n) is 2.21. The number of anilines is 1. The molecule has 1 aromatic carbocycles. The minimum Gasteiger partial charge on any atom is -0.381 e. The summed E-state index contributed by atoms with van der Waals surface area (Å²) in [6, 6.07) is 3.73. The highest BCUT2D eigenvalue weighted by Gasteiger charge is 2.30.